The second-order valence-electron chi connectivity index (χ2n) is 5.66. The molecule has 0 unspecified atom stereocenters. The highest BCUT2D eigenvalue weighted by Gasteiger charge is 2.09. The van der Waals surface area contributed by atoms with Gasteiger partial charge in [-0.2, -0.15) is 5.10 Å². The molecule has 0 saturated heterocycles. The first-order valence-electron chi connectivity index (χ1n) is 7.95. The summed E-state index contributed by atoms with van der Waals surface area (Å²) in [5.41, 5.74) is 1.37. The van der Waals surface area contributed by atoms with Crippen LogP contribution < -0.4 is 10.9 Å². The first kappa shape index (κ1) is 16.2. The van der Waals surface area contributed by atoms with E-state index < -0.39 is 0 Å². The van der Waals surface area contributed by atoms with Gasteiger partial charge >= 0.3 is 0 Å². The number of carbonyl (C=O) groups excluding carboxylic acids is 1. The molecule has 2 aromatic carbocycles. The summed E-state index contributed by atoms with van der Waals surface area (Å²) in [6.07, 6.45) is 3.34. The fourth-order valence-corrected chi connectivity index (χ4v) is 3.28. The first-order chi connectivity index (χ1) is 12.7. The van der Waals surface area contributed by atoms with Gasteiger partial charge in [-0.25, -0.2) is 9.67 Å². The molecule has 26 heavy (non-hydrogen) atoms. The Balaban J connectivity index is 1.49. The Morgan fingerprint density at radius 2 is 1.92 bits per heavy atom. The molecule has 0 atom stereocenters. The van der Waals surface area contributed by atoms with Gasteiger partial charge in [0.1, 0.15) is 11.6 Å². The maximum Gasteiger partial charge on any atom is 0.275 e. The summed E-state index contributed by atoms with van der Waals surface area (Å²) >= 11 is 1.56. The molecule has 1 N–H and O–H groups in total. The minimum atomic E-state index is -0.308. The van der Waals surface area contributed by atoms with E-state index in [1.807, 2.05) is 41.8 Å². The van der Waals surface area contributed by atoms with Gasteiger partial charge in [-0.15, -0.1) is 11.3 Å². The zero-order valence-corrected chi connectivity index (χ0v) is 14.4. The smallest absolute Gasteiger partial charge is 0.275 e. The van der Waals surface area contributed by atoms with E-state index in [9.17, 15) is 9.59 Å². The zero-order valence-electron chi connectivity index (χ0n) is 13.6. The molecule has 0 aliphatic heterocycles. The Morgan fingerprint density at radius 3 is 2.69 bits per heavy atom. The van der Waals surface area contributed by atoms with Crippen molar-refractivity contribution in [3.63, 3.8) is 0 Å². The van der Waals surface area contributed by atoms with Crippen LogP contribution in [0.2, 0.25) is 0 Å². The molecule has 0 radical (unpaired) electrons. The molecule has 0 spiro atoms. The van der Waals surface area contributed by atoms with Crippen LogP contribution in [-0.4, -0.2) is 20.7 Å². The van der Waals surface area contributed by atoms with E-state index in [4.69, 9.17) is 0 Å². The van der Waals surface area contributed by atoms with Gasteiger partial charge in [0.2, 0.25) is 5.91 Å². The van der Waals surface area contributed by atoms with E-state index in [2.05, 4.69) is 15.4 Å². The molecule has 4 aromatic rings. The van der Waals surface area contributed by atoms with Crippen LogP contribution in [0, 0.1) is 0 Å². The average Bonchev–Trinajstić information content (AvgIpc) is 3.20. The number of hydrogen-bond acceptors (Lipinski definition) is 5. The summed E-state index contributed by atoms with van der Waals surface area (Å²) in [4.78, 5) is 28.9. The van der Waals surface area contributed by atoms with Crippen LogP contribution in [-0.2, 0) is 11.3 Å². The van der Waals surface area contributed by atoms with Crippen LogP contribution in [0.4, 0.5) is 5.69 Å². The lowest BCUT2D eigenvalue weighted by molar-refractivity contribution is -0.117. The Morgan fingerprint density at radius 1 is 1.12 bits per heavy atom. The maximum absolute atomic E-state index is 12.4. The second-order valence-corrected chi connectivity index (χ2v) is 6.55. The summed E-state index contributed by atoms with van der Waals surface area (Å²) in [6.45, 7) is -0.141. The minimum Gasteiger partial charge on any atom is -0.324 e. The summed E-state index contributed by atoms with van der Waals surface area (Å²) < 4.78 is 1.17. The number of amides is 1. The molecule has 1 amide bonds. The number of aromatic nitrogens is 3. The molecule has 7 heteroatoms. The van der Waals surface area contributed by atoms with Crippen molar-refractivity contribution in [3.05, 3.63) is 76.7 Å². The molecule has 6 nitrogen and oxygen atoms in total. The SMILES string of the molecule is O=C(Cn1ncc2ccccc2c1=O)Nc1ccc(-c2nccs2)cc1. The van der Waals surface area contributed by atoms with Crippen LogP contribution in [0.3, 0.4) is 0 Å². The molecule has 128 valence electrons. The molecule has 0 saturated carbocycles. The first-order valence-corrected chi connectivity index (χ1v) is 8.83. The lowest BCUT2D eigenvalue weighted by atomic mass is 10.2. The summed E-state index contributed by atoms with van der Waals surface area (Å²) in [5.74, 6) is -0.308. The molecule has 0 bridgehead atoms. The molecule has 0 fully saturated rings. The van der Waals surface area contributed by atoms with Crippen molar-refractivity contribution >= 4 is 33.7 Å². The normalized spacial score (nSPS) is 10.8. The predicted molar refractivity (Wildman–Crippen MR) is 102 cm³/mol. The van der Waals surface area contributed by atoms with Crippen molar-refractivity contribution in [2.45, 2.75) is 6.54 Å². The molecule has 0 aliphatic rings. The van der Waals surface area contributed by atoms with Gasteiger partial charge in [0, 0.05) is 28.2 Å². The van der Waals surface area contributed by atoms with Crippen molar-refractivity contribution in [1.82, 2.24) is 14.8 Å². The molecular weight excluding hydrogens is 348 g/mol. The Bertz CT molecular complexity index is 1120. The fourth-order valence-electron chi connectivity index (χ4n) is 2.64. The third-order valence-electron chi connectivity index (χ3n) is 3.90. The number of carbonyl (C=O) groups is 1. The van der Waals surface area contributed by atoms with Crippen LogP contribution in [0.25, 0.3) is 21.3 Å². The molecule has 4 rings (SSSR count). The fraction of sp³-hybridized carbons (Fsp3) is 0.0526. The number of nitrogens with one attached hydrogen (secondary N) is 1. The van der Waals surface area contributed by atoms with Crippen molar-refractivity contribution < 1.29 is 4.79 Å². The van der Waals surface area contributed by atoms with E-state index in [-0.39, 0.29) is 18.0 Å². The molecule has 2 heterocycles. The third-order valence-corrected chi connectivity index (χ3v) is 4.73. The van der Waals surface area contributed by atoms with E-state index in [0.717, 1.165) is 16.0 Å². The van der Waals surface area contributed by atoms with E-state index in [1.54, 1.807) is 35.9 Å². The highest BCUT2D eigenvalue weighted by molar-refractivity contribution is 7.13. The Labute approximate surface area is 152 Å². The van der Waals surface area contributed by atoms with Crippen LogP contribution in [0.5, 0.6) is 0 Å². The third kappa shape index (κ3) is 3.25. The van der Waals surface area contributed by atoms with Crippen molar-refractivity contribution in [2.24, 2.45) is 0 Å². The number of fused-ring (bicyclic) bond motifs is 1. The summed E-state index contributed by atoms with van der Waals surface area (Å²) in [6, 6.07) is 14.6. The Kier molecular flexibility index (Phi) is 4.28. The van der Waals surface area contributed by atoms with Gasteiger partial charge in [-0.05, 0) is 30.3 Å². The number of nitrogens with zero attached hydrogens (tertiary/aromatic N) is 3. The van der Waals surface area contributed by atoms with Gasteiger partial charge in [0.25, 0.3) is 5.56 Å². The quantitative estimate of drug-likeness (QED) is 0.605. The van der Waals surface area contributed by atoms with Gasteiger partial charge < -0.3 is 5.32 Å². The predicted octanol–water partition coefficient (Wildman–Crippen LogP) is 3.16. The maximum atomic E-state index is 12.4. The van der Waals surface area contributed by atoms with Gasteiger partial charge in [-0.3, -0.25) is 9.59 Å². The van der Waals surface area contributed by atoms with Crippen LogP contribution in [0.15, 0.2) is 71.1 Å². The van der Waals surface area contributed by atoms with Gasteiger partial charge in [0.05, 0.1) is 11.6 Å². The van der Waals surface area contributed by atoms with Crippen molar-refractivity contribution in [1.29, 1.82) is 0 Å². The minimum absolute atomic E-state index is 0.141. The Hall–Kier alpha value is -3.32. The number of anilines is 1. The zero-order chi connectivity index (χ0) is 17.9. The van der Waals surface area contributed by atoms with Crippen molar-refractivity contribution in [2.75, 3.05) is 5.32 Å². The van der Waals surface area contributed by atoms with Gasteiger partial charge in [-0.1, -0.05) is 18.2 Å². The van der Waals surface area contributed by atoms with E-state index in [1.165, 1.54) is 4.68 Å². The standard InChI is InChI=1S/C19H14N4O2S/c24-17(12-23-19(25)16-4-2-1-3-14(16)11-21-23)22-15-7-5-13(6-8-15)18-20-9-10-26-18/h1-11H,12H2,(H,22,24). The number of benzene rings is 2. The second kappa shape index (κ2) is 6.89. The summed E-state index contributed by atoms with van der Waals surface area (Å²) in [7, 11) is 0. The average molecular weight is 362 g/mol. The van der Waals surface area contributed by atoms with Crippen LogP contribution >= 0.6 is 11.3 Å². The lowest BCUT2D eigenvalue weighted by Gasteiger charge is -2.08. The number of thiazole rings is 1. The lowest BCUT2D eigenvalue weighted by Crippen LogP contribution is -2.29. The monoisotopic (exact) mass is 362 g/mol. The van der Waals surface area contributed by atoms with Crippen molar-refractivity contribution in [3.8, 4) is 10.6 Å². The highest BCUT2D eigenvalue weighted by atomic mass is 32.1. The topological polar surface area (TPSA) is 76.9 Å². The summed E-state index contributed by atoms with van der Waals surface area (Å²) in [5, 5.41) is 11.0. The molecular formula is C19H14N4O2S. The molecule has 2 aromatic heterocycles. The van der Waals surface area contributed by atoms with E-state index >= 15 is 0 Å². The van der Waals surface area contributed by atoms with E-state index in [0.29, 0.717) is 11.1 Å². The largest absolute Gasteiger partial charge is 0.324 e. The van der Waals surface area contributed by atoms with Gasteiger partial charge in [0.15, 0.2) is 0 Å². The highest BCUT2D eigenvalue weighted by Crippen LogP contribution is 2.23. The van der Waals surface area contributed by atoms with Crippen LogP contribution in [0.1, 0.15) is 0 Å². The molecule has 0 aliphatic carbocycles. The number of hydrogen-bond donors (Lipinski definition) is 1. The number of rotatable bonds is 4.